The molecule has 6 heteroatoms. The van der Waals surface area contributed by atoms with Crippen LogP contribution in [0.2, 0.25) is 0 Å². The zero-order chi connectivity index (χ0) is 14.9. The van der Waals surface area contributed by atoms with E-state index in [1.165, 1.54) is 0 Å². The van der Waals surface area contributed by atoms with Gasteiger partial charge in [0.05, 0.1) is 41.0 Å². The Morgan fingerprint density at radius 2 is 1.76 bits per heavy atom. The zero-order valence-electron chi connectivity index (χ0n) is 11.7. The Morgan fingerprint density at radius 1 is 1.14 bits per heavy atom. The van der Waals surface area contributed by atoms with Gasteiger partial charge in [-0.2, -0.15) is 5.26 Å². The molecule has 2 aliphatic rings. The van der Waals surface area contributed by atoms with Crippen LogP contribution in [0, 0.1) is 11.3 Å². The first-order valence-corrected chi connectivity index (χ1v) is 8.72. The van der Waals surface area contributed by atoms with Gasteiger partial charge in [0, 0.05) is 0 Å². The van der Waals surface area contributed by atoms with Gasteiger partial charge in [-0.15, -0.1) is 0 Å². The summed E-state index contributed by atoms with van der Waals surface area (Å²) in [6, 6.07) is 8.69. The largest absolute Gasteiger partial charge is 0.378 e. The molecular weight excluding hydrogens is 288 g/mol. The molecule has 2 fully saturated rings. The SMILES string of the molecule is N#Cc1ccc(S(=O)(=O)C2CCN(C3COC3)CC2)cc1. The third kappa shape index (κ3) is 2.82. The number of nitriles is 1. The normalized spacial score (nSPS) is 21.7. The smallest absolute Gasteiger partial charge is 0.181 e. The van der Waals surface area contributed by atoms with Crippen LogP contribution in [-0.4, -0.2) is 50.9 Å². The van der Waals surface area contributed by atoms with Gasteiger partial charge in [0.1, 0.15) is 0 Å². The van der Waals surface area contributed by atoms with E-state index in [1.807, 2.05) is 6.07 Å². The molecule has 0 saturated carbocycles. The van der Waals surface area contributed by atoms with Crippen molar-refractivity contribution in [1.29, 1.82) is 5.26 Å². The van der Waals surface area contributed by atoms with Gasteiger partial charge in [0.15, 0.2) is 9.84 Å². The van der Waals surface area contributed by atoms with E-state index >= 15 is 0 Å². The fourth-order valence-corrected chi connectivity index (χ4v) is 4.63. The van der Waals surface area contributed by atoms with E-state index < -0.39 is 9.84 Å². The van der Waals surface area contributed by atoms with Gasteiger partial charge in [-0.05, 0) is 50.2 Å². The molecule has 5 nitrogen and oxygen atoms in total. The van der Waals surface area contributed by atoms with Crippen LogP contribution in [0.15, 0.2) is 29.2 Å². The molecule has 2 saturated heterocycles. The lowest BCUT2D eigenvalue weighted by Crippen LogP contribution is -2.53. The van der Waals surface area contributed by atoms with Gasteiger partial charge in [-0.3, -0.25) is 4.90 Å². The van der Waals surface area contributed by atoms with E-state index in [0.717, 1.165) is 26.3 Å². The van der Waals surface area contributed by atoms with Crippen LogP contribution >= 0.6 is 0 Å². The van der Waals surface area contributed by atoms with Gasteiger partial charge < -0.3 is 4.74 Å². The minimum absolute atomic E-state index is 0.317. The Balaban J connectivity index is 1.69. The molecule has 1 aromatic rings. The summed E-state index contributed by atoms with van der Waals surface area (Å²) >= 11 is 0. The van der Waals surface area contributed by atoms with Crippen molar-refractivity contribution in [2.45, 2.75) is 29.0 Å². The first-order valence-electron chi connectivity index (χ1n) is 7.17. The van der Waals surface area contributed by atoms with E-state index in [9.17, 15) is 8.42 Å². The molecule has 0 aliphatic carbocycles. The number of ether oxygens (including phenoxy) is 1. The van der Waals surface area contributed by atoms with Gasteiger partial charge in [0.25, 0.3) is 0 Å². The number of nitrogens with zero attached hydrogens (tertiary/aromatic N) is 2. The summed E-state index contributed by atoms with van der Waals surface area (Å²) in [4.78, 5) is 2.65. The van der Waals surface area contributed by atoms with Crippen molar-refractivity contribution in [3.8, 4) is 6.07 Å². The molecule has 2 heterocycles. The summed E-state index contributed by atoms with van der Waals surface area (Å²) < 4.78 is 30.4. The average Bonchev–Trinajstić information content (AvgIpc) is 2.46. The summed E-state index contributed by atoms with van der Waals surface area (Å²) in [7, 11) is -3.29. The van der Waals surface area contributed by atoms with Crippen molar-refractivity contribution in [2.24, 2.45) is 0 Å². The van der Waals surface area contributed by atoms with Crippen LogP contribution in [-0.2, 0) is 14.6 Å². The molecule has 0 atom stereocenters. The third-order valence-corrected chi connectivity index (χ3v) is 6.64. The standard InChI is InChI=1S/C15H18N2O3S/c16-9-12-1-3-14(4-2-12)21(18,19)15-5-7-17(8-6-15)13-10-20-11-13/h1-4,13,15H,5-8,10-11H2. The highest BCUT2D eigenvalue weighted by molar-refractivity contribution is 7.92. The summed E-state index contributed by atoms with van der Waals surface area (Å²) in [5.41, 5.74) is 0.480. The molecule has 1 aromatic carbocycles. The topological polar surface area (TPSA) is 70.4 Å². The molecule has 0 bridgehead atoms. The maximum absolute atomic E-state index is 12.6. The van der Waals surface area contributed by atoms with Crippen molar-refractivity contribution in [3.63, 3.8) is 0 Å². The monoisotopic (exact) mass is 306 g/mol. The highest BCUT2D eigenvalue weighted by atomic mass is 32.2. The molecule has 0 aromatic heterocycles. The van der Waals surface area contributed by atoms with Gasteiger partial charge in [-0.1, -0.05) is 0 Å². The number of piperidine rings is 1. The molecule has 0 amide bonds. The van der Waals surface area contributed by atoms with Gasteiger partial charge in [0.2, 0.25) is 0 Å². The molecule has 0 spiro atoms. The van der Waals surface area contributed by atoms with E-state index in [0.29, 0.717) is 29.3 Å². The van der Waals surface area contributed by atoms with Crippen molar-refractivity contribution < 1.29 is 13.2 Å². The van der Waals surface area contributed by atoms with Crippen LogP contribution in [0.3, 0.4) is 0 Å². The Hall–Kier alpha value is -1.42. The summed E-state index contributed by atoms with van der Waals surface area (Å²) in [6.07, 6.45) is 1.33. The number of benzene rings is 1. The lowest BCUT2D eigenvalue weighted by molar-refractivity contribution is -0.0695. The zero-order valence-corrected chi connectivity index (χ0v) is 12.6. The minimum Gasteiger partial charge on any atom is -0.378 e. The first kappa shape index (κ1) is 14.5. The van der Waals surface area contributed by atoms with E-state index in [1.54, 1.807) is 24.3 Å². The van der Waals surface area contributed by atoms with Crippen LogP contribution in [0.4, 0.5) is 0 Å². The predicted octanol–water partition coefficient (Wildman–Crippen LogP) is 1.20. The Morgan fingerprint density at radius 3 is 2.24 bits per heavy atom. The summed E-state index contributed by atoms with van der Waals surface area (Å²) in [5.74, 6) is 0. The Labute approximate surface area is 125 Å². The Kier molecular flexibility index (Phi) is 3.98. The molecule has 21 heavy (non-hydrogen) atoms. The number of hydrogen-bond acceptors (Lipinski definition) is 5. The number of sulfone groups is 1. The molecule has 0 radical (unpaired) electrons. The van der Waals surface area contributed by atoms with Crippen LogP contribution in [0.25, 0.3) is 0 Å². The number of rotatable bonds is 3. The molecule has 3 rings (SSSR count). The van der Waals surface area contributed by atoms with Crippen LogP contribution in [0.1, 0.15) is 18.4 Å². The highest BCUT2D eigenvalue weighted by Gasteiger charge is 2.35. The lowest BCUT2D eigenvalue weighted by atomic mass is 10.1. The van der Waals surface area contributed by atoms with Crippen LogP contribution in [0.5, 0.6) is 0 Å². The minimum atomic E-state index is -3.29. The first-order chi connectivity index (χ1) is 10.1. The molecule has 2 aliphatic heterocycles. The lowest BCUT2D eigenvalue weighted by Gasteiger charge is -2.41. The number of hydrogen-bond donors (Lipinski definition) is 0. The predicted molar refractivity (Wildman–Crippen MR) is 77.5 cm³/mol. The quantitative estimate of drug-likeness (QED) is 0.839. The summed E-state index contributed by atoms with van der Waals surface area (Å²) in [5, 5.41) is 8.46. The molecule has 0 N–H and O–H groups in total. The molecule has 0 unspecified atom stereocenters. The Bertz CT molecular complexity index is 636. The fourth-order valence-electron chi connectivity index (χ4n) is 2.90. The fraction of sp³-hybridized carbons (Fsp3) is 0.533. The van der Waals surface area contributed by atoms with Crippen molar-refractivity contribution in [3.05, 3.63) is 29.8 Å². The third-order valence-electron chi connectivity index (χ3n) is 4.36. The van der Waals surface area contributed by atoms with Gasteiger partial charge >= 0.3 is 0 Å². The van der Waals surface area contributed by atoms with Crippen LogP contribution < -0.4 is 0 Å². The second-order valence-corrected chi connectivity index (χ2v) is 7.84. The maximum atomic E-state index is 12.6. The molecule has 112 valence electrons. The van der Waals surface area contributed by atoms with E-state index in [2.05, 4.69) is 4.90 Å². The highest BCUT2D eigenvalue weighted by Crippen LogP contribution is 2.26. The van der Waals surface area contributed by atoms with Gasteiger partial charge in [-0.25, -0.2) is 8.42 Å². The van der Waals surface area contributed by atoms with E-state index in [4.69, 9.17) is 10.00 Å². The van der Waals surface area contributed by atoms with Crippen molar-refractivity contribution in [1.82, 2.24) is 4.90 Å². The van der Waals surface area contributed by atoms with Crippen molar-refractivity contribution in [2.75, 3.05) is 26.3 Å². The van der Waals surface area contributed by atoms with E-state index in [-0.39, 0.29) is 5.25 Å². The average molecular weight is 306 g/mol. The number of likely N-dealkylation sites (tertiary alicyclic amines) is 1. The maximum Gasteiger partial charge on any atom is 0.181 e. The molecular formula is C15H18N2O3S. The second kappa shape index (κ2) is 5.76. The second-order valence-electron chi connectivity index (χ2n) is 5.61. The summed E-state index contributed by atoms with van der Waals surface area (Å²) in [6.45, 7) is 3.17. The van der Waals surface area contributed by atoms with Crippen molar-refractivity contribution >= 4 is 9.84 Å².